The summed E-state index contributed by atoms with van der Waals surface area (Å²) in [5.74, 6) is -3.84. The van der Waals surface area contributed by atoms with Gasteiger partial charge in [0.2, 0.25) is 5.43 Å². The van der Waals surface area contributed by atoms with E-state index in [1.54, 1.807) is 11.8 Å². The molecule has 1 aromatic heterocycles. The number of aryl methyl sites for hydroxylation is 1. The molecule has 3 heterocycles. The van der Waals surface area contributed by atoms with E-state index in [-0.39, 0.29) is 24.0 Å². The topological polar surface area (TPSA) is 94.9 Å². The molecule has 2 aliphatic heterocycles. The summed E-state index contributed by atoms with van der Waals surface area (Å²) in [4.78, 5) is 39.9. The van der Waals surface area contributed by atoms with E-state index >= 15 is 0 Å². The lowest BCUT2D eigenvalue weighted by Gasteiger charge is -2.44. The summed E-state index contributed by atoms with van der Waals surface area (Å²) in [6.45, 7) is 3.79. The molecule has 2 aromatic rings. The molecule has 2 aliphatic rings. The lowest BCUT2D eigenvalue weighted by atomic mass is 10.1. The molecule has 0 aliphatic carbocycles. The molecule has 0 radical (unpaired) electrons. The third-order valence-electron chi connectivity index (χ3n) is 6.01. The fraction of sp³-hybridized carbons (Fsp3) is 0.409. The van der Waals surface area contributed by atoms with Crippen molar-refractivity contribution in [1.82, 2.24) is 14.9 Å². The van der Waals surface area contributed by atoms with Gasteiger partial charge < -0.3 is 15.3 Å². The number of nitrogens with one attached hydrogen (secondary N) is 1. The van der Waals surface area contributed by atoms with Crippen molar-refractivity contribution in [3.8, 4) is 5.75 Å². The molecule has 170 valence electrons. The Hall–Kier alpha value is -3.43. The Morgan fingerprint density at radius 3 is 2.59 bits per heavy atom. The fourth-order valence-electron chi connectivity index (χ4n) is 4.19. The van der Waals surface area contributed by atoms with Crippen molar-refractivity contribution < 1.29 is 23.5 Å². The first kappa shape index (κ1) is 21.8. The van der Waals surface area contributed by atoms with Crippen LogP contribution in [0.5, 0.6) is 5.75 Å². The van der Waals surface area contributed by atoms with Crippen molar-refractivity contribution in [3.63, 3.8) is 0 Å². The highest BCUT2D eigenvalue weighted by atomic mass is 19.1. The number of rotatable bonds is 3. The Kier molecular flexibility index (Phi) is 5.62. The highest BCUT2D eigenvalue weighted by molar-refractivity contribution is 5.99. The van der Waals surface area contributed by atoms with Crippen LogP contribution in [0.1, 0.15) is 58.2 Å². The Balaban J connectivity index is 1.69. The van der Waals surface area contributed by atoms with Gasteiger partial charge in [-0.15, -0.1) is 0 Å². The van der Waals surface area contributed by atoms with Crippen molar-refractivity contribution in [1.29, 1.82) is 0 Å². The molecule has 2 bridgehead atoms. The average Bonchev–Trinajstić information content (AvgIpc) is 2.72. The molecule has 4 rings (SSSR count). The first-order valence-corrected chi connectivity index (χ1v) is 10.5. The third kappa shape index (κ3) is 3.69. The van der Waals surface area contributed by atoms with Crippen molar-refractivity contribution in [2.45, 2.75) is 45.7 Å². The molecule has 1 aromatic carbocycles. The molecular weight excluding hydrogens is 422 g/mol. The SMILES string of the molecule is Cc1cc(F)c(CNC(=O)c2cn3c(c(O)c2=O)C(=O)N2CCCC[C@@H](C)N3C2)c(F)c1. The van der Waals surface area contributed by atoms with E-state index in [2.05, 4.69) is 5.32 Å². The number of pyridine rings is 1. The van der Waals surface area contributed by atoms with Crippen molar-refractivity contribution in [3.05, 3.63) is 62.6 Å². The number of amides is 2. The van der Waals surface area contributed by atoms with E-state index < -0.39 is 46.7 Å². The van der Waals surface area contributed by atoms with Crippen molar-refractivity contribution >= 4 is 11.8 Å². The second kappa shape index (κ2) is 8.25. The van der Waals surface area contributed by atoms with Crippen LogP contribution < -0.4 is 15.8 Å². The minimum Gasteiger partial charge on any atom is -0.502 e. The summed E-state index contributed by atoms with van der Waals surface area (Å²) in [5, 5.41) is 14.7. The van der Waals surface area contributed by atoms with Crippen LogP contribution in [0, 0.1) is 18.6 Å². The lowest BCUT2D eigenvalue weighted by molar-refractivity contribution is 0.0656. The summed E-state index contributed by atoms with van der Waals surface area (Å²) in [6, 6.07) is 2.27. The highest BCUT2D eigenvalue weighted by Crippen LogP contribution is 2.25. The standard InChI is InChI=1S/C22H24F2N4O4/c1-12-7-16(23)14(17(24)8-12)9-25-21(31)15-10-27-18(20(30)19(15)29)22(32)26-6-4-3-5-13(2)28(27)11-26/h7-8,10,13,30H,3-6,9,11H2,1-2H3,(H,25,31)/t13-/m1/s1. The zero-order valence-electron chi connectivity index (χ0n) is 17.8. The van der Waals surface area contributed by atoms with Crippen LogP contribution in [-0.2, 0) is 6.54 Å². The average molecular weight is 446 g/mol. The van der Waals surface area contributed by atoms with Crippen LogP contribution in [0.4, 0.5) is 8.78 Å². The molecule has 0 saturated carbocycles. The predicted octanol–water partition coefficient (Wildman–Crippen LogP) is 1.99. The smallest absolute Gasteiger partial charge is 0.277 e. The molecule has 32 heavy (non-hydrogen) atoms. The molecule has 10 heteroatoms. The number of aromatic hydroxyl groups is 1. The number of carbonyl (C=O) groups is 2. The summed E-state index contributed by atoms with van der Waals surface area (Å²) in [5.41, 5.74) is -1.57. The maximum atomic E-state index is 14.1. The quantitative estimate of drug-likeness (QED) is 0.752. The second-order valence-corrected chi connectivity index (χ2v) is 8.30. The lowest BCUT2D eigenvalue weighted by Crippen LogP contribution is -2.58. The molecule has 1 atom stereocenters. The summed E-state index contributed by atoms with van der Waals surface area (Å²) in [7, 11) is 0. The second-order valence-electron chi connectivity index (χ2n) is 8.30. The van der Waals surface area contributed by atoms with Gasteiger partial charge in [0.05, 0.1) is 0 Å². The van der Waals surface area contributed by atoms with Gasteiger partial charge in [-0.1, -0.05) is 0 Å². The summed E-state index contributed by atoms with van der Waals surface area (Å²) >= 11 is 0. The van der Waals surface area contributed by atoms with E-state index in [9.17, 15) is 28.3 Å². The van der Waals surface area contributed by atoms with Crippen molar-refractivity contribution in [2.75, 3.05) is 18.2 Å². The maximum Gasteiger partial charge on any atom is 0.277 e. The van der Waals surface area contributed by atoms with Crippen LogP contribution in [0.25, 0.3) is 0 Å². The first-order valence-electron chi connectivity index (χ1n) is 10.5. The van der Waals surface area contributed by atoms with Gasteiger partial charge >= 0.3 is 0 Å². The molecular formula is C22H24F2N4O4. The normalized spacial score (nSPS) is 18.1. The van der Waals surface area contributed by atoms with E-state index in [0.717, 1.165) is 31.4 Å². The number of benzene rings is 1. The fourth-order valence-corrected chi connectivity index (χ4v) is 4.19. The largest absolute Gasteiger partial charge is 0.502 e. The molecule has 2 N–H and O–H groups in total. The Bertz CT molecular complexity index is 1140. The summed E-state index contributed by atoms with van der Waals surface area (Å²) in [6.07, 6.45) is 3.77. The number of hydrogen-bond acceptors (Lipinski definition) is 5. The predicted molar refractivity (Wildman–Crippen MR) is 112 cm³/mol. The van der Waals surface area contributed by atoms with E-state index in [1.807, 2.05) is 11.9 Å². The van der Waals surface area contributed by atoms with Gasteiger partial charge in [-0.3, -0.25) is 24.1 Å². The zero-order valence-corrected chi connectivity index (χ0v) is 17.8. The number of fused-ring (bicyclic) bond motifs is 4. The number of halogens is 2. The Morgan fingerprint density at radius 2 is 1.91 bits per heavy atom. The summed E-state index contributed by atoms with van der Waals surface area (Å²) < 4.78 is 29.5. The van der Waals surface area contributed by atoms with Crippen LogP contribution in [0.2, 0.25) is 0 Å². The molecule has 1 fully saturated rings. The van der Waals surface area contributed by atoms with Crippen LogP contribution in [-0.4, -0.2) is 45.8 Å². The van der Waals surface area contributed by atoms with Crippen LogP contribution in [0.3, 0.4) is 0 Å². The van der Waals surface area contributed by atoms with Gasteiger partial charge in [0.25, 0.3) is 11.8 Å². The van der Waals surface area contributed by atoms with E-state index in [1.165, 1.54) is 10.9 Å². The minimum atomic E-state index is -1.02. The monoisotopic (exact) mass is 446 g/mol. The van der Waals surface area contributed by atoms with E-state index in [0.29, 0.717) is 12.1 Å². The first-order chi connectivity index (χ1) is 15.2. The number of hydrogen-bond donors (Lipinski definition) is 2. The van der Waals surface area contributed by atoms with Gasteiger partial charge in [-0.2, -0.15) is 0 Å². The van der Waals surface area contributed by atoms with Gasteiger partial charge in [0.15, 0.2) is 11.4 Å². The van der Waals surface area contributed by atoms with E-state index in [4.69, 9.17) is 0 Å². The van der Waals surface area contributed by atoms with Gasteiger partial charge in [-0.25, -0.2) is 8.78 Å². The number of nitrogens with zero attached hydrogens (tertiary/aromatic N) is 3. The molecule has 2 amide bonds. The number of carbonyl (C=O) groups excluding carboxylic acids is 2. The Labute approximate surface area is 183 Å². The van der Waals surface area contributed by atoms with Gasteiger partial charge in [-0.05, 0) is 50.8 Å². The minimum absolute atomic E-state index is 0.0155. The molecule has 0 spiro atoms. The molecule has 1 saturated heterocycles. The van der Waals surface area contributed by atoms with Gasteiger partial charge in [0.1, 0.15) is 23.9 Å². The maximum absolute atomic E-state index is 14.1. The van der Waals surface area contributed by atoms with Crippen LogP contribution >= 0.6 is 0 Å². The number of aromatic nitrogens is 1. The molecule has 0 unspecified atom stereocenters. The van der Waals surface area contributed by atoms with Crippen LogP contribution in [0.15, 0.2) is 23.1 Å². The van der Waals surface area contributed by atoms with Crippen molar-refractivity contribution in [2.24, 2.45) is 0 Å². The molecule has 8 nitrogen and oxygen atoms in total. The highest BCUT2D eigenvalue weighted by Gasteiger charge is 2.36. The third-order valence-corrected chi connectivity index (χ3v) is 6.01. The van der Waals surface area contributed by atoms with Gasteiger partial charge in [0, 0.05) is 30.9 Å². The zero-order chi connectivity index (χ0) is 23.2. The Morgan fingerprint density at radius 1 is 1.22 bits per heavy atom.